The molecule has 0 aliphatic heterocycles. The lowest BCUT2D eigenvalue weighted by molar-refractivity contribution is 0.585. The third kappa shape index (κ3) is 1.54. The zero-order chi connectivity index (χ0) is 6.69. The van der Waals surface area contributed by atoms with E-state index in [1.165, 1.54) is 0 Å². The predicted octanol–water partition coefficient (Wildman–Crippen LogP) is 0.0492. The summed E-state index contributed by atoms with van der Waals surface area (Å²) in [5, 5.41) is 10.5. The first-order valence-corrected chi connectivity index (χ1v) is 3.62. The normalized spacial score (nSPS) is 13.1. The van der Waals surface area contributed by atoms with Crippen LogP contribution in [0, 0.1) is 0 Å². The molecule has 0 amide bonds. The van der Waals surface area contributed by atoms with E-state index in [0.717, 1.165) is 4.88 Å². The molecule has 9 heavy (non-hydrogen) atoms. The van der Waals surface area contributed by atoms with Gasteiger partial charge in [0.15, 0.2) is 0 Å². The SMILES string of the molecule is NC(BO)c1cccs1. The van der Waals surface area contributed by atoms with E-state index < -0.39 is 0 Å². The first kappa shape index (κ1) is 6.80. The van der Waals surface area contributed by atoms with Crippen molar-refractivity contribution in [3.8, 4) is 0 Å². The number of thiophene rings is 1. The van der Waals surface area contributed by atoms with Crippen molar-refractivity contribution in [1.29, 1.82) is 0 Å². The predicted molar refractivity (Wildman–Crippen MR) is 40.6 cm³/mol. The van der Waals surface area contributed by atoms with Crippen LogP contribution in [0.4, 0.5) is 0 Å². The van der Waals surface area contributed by atoms with Gasteiger partial charge in [0.1, 0.15) is 0 Å². The van der Waals surface area contributed by atoms with E-state index in [2.05, 4.69) is 0 Å². The van der Waals surface area contributed by atoms with Crippen LogP contribution >= 0.6 is 11.3 Å². The second-order valence-electron chi connectivity index (χ2n) is 1.80. The summed E-state index contributed by atoms with van der Waals surface area (Å²) in [7, 11) is 0.0283. The zero-order valence-corrected chi connectivity index (χ0v) is 5.77. The number of rotatable bonds is 2. The van der Waals surface area contributed by atoms with Gasteiger partial charge in [-0.3, -0.25) is 0 Å². The van der Waals surface area contributed by atoms with Crippen LogP contribution in [0.15, 0.2) is 17.5 Å². The zero-order valence-electron chi connectivity index (χ0n) is 4.95. The Morgan fingerprint density at radius 3 is 3.00 bits per heavy atom. The van der Waals surface area contributed by atoms with Crippen LogP contribution in [-0.2, 0) is 0 Å². The average Bonchev–Trinajstić information content (AvgIpc) is 2.37. The van der Waals surface area contributed by atoms with E-state index in [4.69, 9.17) is 10.8 Å². The van der Waals surface area contributed by atoms with Crippen molar-refractivity contribution in [1.82, 2.24) is 0 Å². The molecule has 0 aromatic carbocycles. The van der Waals surface area contributed by atoms with Crippen molar-refractivity contribution < 1.29 is 5.02 Å². The van der Waals surface area contributed by atoms with E-state index in [9.17, 15) is 0 Å². The fourth-order valence-electron chi connectivity index (χ4n) is 0.592. The lowest BCUT2D eigenvalue weighted by Gasteiger charge is -1.99. The molecule has 2 nitrogen and oxygen atoms in total. The van der Waals surface area contributed by atoms with Crippen LogP contribution in [0.2, 0.25) is 0 Å². The van der Waals surface area contributed by atoms with Gasteiger partial charge in [-0.15, -0.1) is 11.3 Å². The topological polar surface area (TPSA) is 46.2 Å². The maximum atomic E-state index is 8.59. The summed E-state index contributed by atoms with van der Waals surface area (Å²) in [6, 6.07) is 3.85. The fourth-order valence-corrected chi connectivity index (χ4v) is 1.31. The van der Waals surface area contributed by atoms with Gasteiger partial charge >= 0.3 is 0 Å². The summed E-state index contributed by atoms with van der Waals surface area (Å²) < 4.78 is 0. The Kier molecular flexibility index (Phi) is 2.27. The minimum absolute atomic E-state index is 0.0283. The highest BCUT2D eigenvalue weighted by molar-refractivity contribution is 7.10. The molecular weight excluding hydrogens is 133 g/mol. The van der Waals surface area contributed by atoms with Gasteiger partial charge in [0.25, 0.3) is 7.48 Å². The Morgan fingerprint density at radius 1 is 1.78 bits per heavy atom. The summed E-state index contributed by atoms with van der Waals surface area (Å²) >= 11 is 1.57. The average molecular weight is 141 g/mol. The van der Waals surface area contributed by atoms with Gasteiger partial charge in [0.05, 0.1) is 0 Å². The van der Waals surface area contributed by atoms with Crippen molar-refractivity contribution in [2.45, 2.75) is 5.94 Å². The minimum atomic E-state index is -0.190. The molecule has 4 heteroatoms. The van der Waals surface area contributed by atoms with Crippen molar-refractivity contribution in [3.63, 3.8) is 0 Å². The largest absolute Gasteiger partial charge is 0.452 e. The highest BCUT2D eigenvalue weighted by atomic mass is 32.1. The lowest BCUT2D eigenvalue weighted by Crippen LogP contribution is -2.15. The van der Waals surface area contributed by atoms with Crippen LogP contribution in [0.1, 0.15) is 10.8 Å². The molecule has 0 saturated heterocycles. The second-order valence-corrected chi connectivity index (χ2v) is 2.78. The van der Waals surface area contributed by atoms with Gasteiger partial charge in [-0.05, 0) is 11.4 Å². The molecule has 1 unspecified atom stereocenters. The minimum Gasteiger partial charge on any atom is -0.452 e. The molecule has 0 bridgehead atoms. The van der Waals surface area contributed by atoms with Gasteiger partial charge in [0, 0.05) is 10.8 Å². The van der Waals surface area contributed by atoms with Gasteiger partial charge in [-0.25, -0.2) is 0 Å². The molecule has 0 fully saturated rings. The van der Waals surface area contributed by atoms with Crippen LogP contribution < -0.4 is 5.73 Å². The van der Waals surface area contributed by atoms with Gasteiger partial charge in [-0.2, -0.15) is 0 Å². The van der Waals surface area contributed by atoms with Gasteiger partial charge in [-0.1, -0.05) is 6.07 Å². The Hall–Kier alpha value is -0.315. The Morgan fingerprint density at radius 2 is 2.56 bits per heavy atom. The molecule has 1 aromatic heterocycles. The van der Waals surface area contributed by atoms with Crippen LogP contribution in [0.3, 0.4) is 0 Å². The molecular formula is C5H8BNOS. The summed E-state index contributed by atoms with van der Waals surface area (Å²) in [5.41, 5.74) is 5.50. The van der Waals surface area contributed by atoms with Crippen LogP contribution in [0.25, 0.3) is 0 Å². The summed E-state index contributed by atoms with van der Waals surface area (Å²) in [4.78, 5) is 1.04. The first-order valence-electron chi connectivity index (χ1n) is 2.74. The molecule has 1 heterocycles. The quantitative estimate of drug-likeness (QED) is 0.571. The monoisotopic (exact) mass is 141 g/mol. The third-order valence-electron chi connectivity index (χ3n) is 1.11. The summed E-state index contributed by atoms with van der Waals surface area (Å²) in [5.74, 6) is -0.190. The number of nitrogens with two attached hydrogens (primary N) is 1. The Balaban J connectivity index is 2.65. The smallest absolute Gasteiger partial charge is 0.293 e. The molecule has 0 aliphatic carbocycles. The molecule has 1 aromatic rings. The van der Waals surface area contributed by atoms with Crippen molar-refractivity contribution in [3.05, 3.63) is 22.4 Å². The van der Waals surface area contributed by atoms with Gasteiger partial charge < -0.3 is 10.8 Å². The molecule has 48 valence electrons. The van der Waals surface area contributed by atoms with Crippen LogP contribution in [-0.4, -0.2) is 12.5 Å². The lowest BCUT2D eigenvalue weighted by atomic mass is 9.88. The van der Waals surface area contributed by atoms with E-state index in [1.807, 2.05) is 17.5 Å². The summed E-state index contributed by atoms with van der Waals surface area (Å²) in [6.45, 7) is 0. The summed E-state index contributed by atoms with van der Waals surface area (Å²) in [6.07, 6.45) is 0. The highest BCUT2D eigenvalue weighted by Gasteiger charge is 2.05. The maximum Gasteiger partial charge on any atom is 0.293 e. The Bertz CT molecular complexity index is 165. The first-order chi connectivity index (χ1) is 4.34. The molecule has 3 N–H and O–H groups in total. The van der Waals surface area contributed by atoms with E-state index >= 15 is 0 Å². The Labute approximate surface area is 58.6 Å². The molecule has 0 saturated carbocycles. The molecule has 0 aliphatic rings. The molecule has 0 radical (unpaired) electrons. The maximum absolute atomic E-state index is 8.59. The third-order valence-corrected chi connectivity index (χ3v) is 2.11. The van der Waals surface area contributed by atoms with Crippen LogP contribution in [0.5, 0.6) is 0 Å². The van der Waals surface area contributed by atoms with Crippen molar-refractivity contribution >= 4 is 18.8 Å². The molecule has 1 rings (SSSR count). The van der Waals surface area contributed by atoms with Crippen molar-refractivity contribution in [2.24, 2.45) is 5.73 Å². The van der Waals surface area contributed by atoms with Gasteiger partial charge in [0.2, 0.25) is 0 Å². The molecule has 1 atom stereocenters. The van der Waals surface area contributed by atoms with E-state index in [0.29, 0.717) is 0 Å². The fraction of sp³-hybridized carbons (Fsp3) is 0.200. The number of hydrogen-bond acceptors (Lipinski definition) is 3. The molecule has 0 spiro atoms. The van der Waals surface area contributed by atoms with E-state index in [1.54, 1.807) is 11.3 Å². The van der Waals surface area contributed by atoms with E-state index in [-0.39, 0.29) is 13.4 Å². The second kappa shape index (κ2) is 3.01. The van der Waals surface area contributed by atoms with Crippen molar-refractivity contribution in [2.75, 3.05) is 0 Å². The standard InChI is InChI=1S/C5H8BNOS/c7-5(6-8)4-2-1-3-9-4/h1-3,5-6,8H,7H2. The number of hydrogen-bond donors (Lipinski definition) is 2. The highest BCUT2D eigenvalue weighted by Crippen LogP contribution is 2.14.